The molecule has 1 aliphatic rings. The van der Waals surface area contributed by atoms with Gasteiger partial charge in [-0.25, -0.2) is 0 Å². The van der Waals surface area contributed by atoms with Gasteiger partial charge < -0.3 is 19.7 Å². The molecule has 0 saturated heterocycles. The van der Waals surface area contributed by atoms with Crippen LogP contribution in [0.4, 0.5) is 14.5 Å². The minimum absolute atomic E-state index is 0.147. The van der Waals surface area contributed by atoms with E-state index in [2.05, 4.69) is 10.1 Å². The predicted molar refractivity (Wildman–Crippen MR) is 103 cm³/mol. The zero-order chi connectivity index (χ0) is 21.5. The molecule has 0 bridgehead atoms. The van der Waals surface area contributed by atoms with E-state index in [1.165, 1.54) is 24.3 Å². The number of hydrogen-bond donors (Lipinski definition) is 1. The van der Waals surface area contributed by atoms with Gasteiger partial charge >= 0.3 is 12.6 Å². The fourth-order valence-corrected chi connectivity index (χ4v) is 3.16. The van der Waals surface area contributed by atoms with E-state index in [4.69, 9.17) is 4.74 Å². The van der Waals surface area contributed by atoms with Crippen LogP contribution >= 0.6 is 0 Å². The van der Waals surface area contributed by atoms with E-state index in [9.17, 15) is 23.2 Å². The van der Waals surface area contributed by atoms with Crippen molar-refractivity contribution in [2.24, 2.45) is 0 Å². The topological polar surface area (TPSA) is 84.9 Å². The van der Waals surface area contributed by atoms with Gasteiger partial charge in [0.1, 0.15) is 12.3 Å². The van der Waals surface area contributed by atoms with Gasteiger partial charge in [-0.3, -0.25) is 14.4 Å². The lowest BCUT2D eigenvalue weighted by Gasteiger charge is -2.29. The van der Waals surface area contributed by atoms with Gasteiger partial charge in [-0.15, -0.1) is 0 Å². The highest BCUT2D eigenvalue weighted by atomic mass is 19.3. The maximum Gasteiger partial charge on any atom is 0.387 e. The highest BCUT2D eigenvalue weighted by Crippen LogP contribution is 2.26. The molecule has 30 heavy (non-hydrogen) atoms. The van der Waals surface area contributed by atoms with Crippen molar-refractivity contribution in [1.29, 1.82) is 0 Å². The molecule has 0 radical (unpaired) electrons. The molecule has 0 spiro atoms. The zero-order valence-corrected chi connectivity index (χ0v) is 16.0. The fourth-order valence-electron chi connectivity index (χ4n) is 3.16. The van der Waals surface area contributed by atoms with E-state index in [0.717, 1.165) is 24.1 Å². The van der Waals surface area contributed by atoms with Crippen LogP contribution in [0.2, 0.25) is 0 Å². The Morgan fingerprint density at radius 1 is 1.07 bits per heavy atom. The maximum absolute atomic E-state index is 12.4. The molecule has 0 atom stereocenters. The Morgan fingerprint density at radius 3 is 2.60 bits per heavy atom. The van der Waals surface area contributed by atoms with Crippen molar-refractivity contribution < 1.29 is 32.6 Å². The van der Waals surface area contributed by atoms with Gasteiger partial charge in [-0.1, -0.05) is 30.3 Å². The number of amides is 2. The summed E-state index contributed by atoms with van der Waals surface area (Å²) in [6, 6.07) is 12.9. The van der Waals surface area contributed by atoms with Crippen molar-refractivity contribution in [1.82, 2.24) is 5.32 Å². The van der Waals surface area contributed by atoms with Crippen molar-refractivity contribution in [3.05, 3.63) is 59.7 Å². The molecule has 1 aliphatic heterocycles. The molecular formula is C21H20F2N2O5. The van der Waals surface area contributed by atoms with Crippen LogP contribution in [0.25, 0.3) is 0 Å². The monoisotopic (exact) mass is 418 g/mol. The third-order valence-corrected chi connectivity index (χ3v) is 4.51. The molecule has 2 aromatic carbocycles. The summed E-state index contributed by atoms with van der Waals surface area (Å²) in [5, 5.41) is 2.27. The van der Waals surface area contributed by atoms with Crippen molar-refractivity contribution in [2.75, 3.05) is 24.6 Å². The zero-order valence-electron chi connectivity index (χ0n) is 16.0. The van der Waals surface area contributed by atoms with E-state index < -0.39 is 31.6 Å². The van der Waals surface area contributed by atoms with E-state index in [1.54, 1.807) is 4.90 Å². The summed E-state index contributed by atoms with van der Waals surface area (Å²) in [5.74, 6) is -2.27. The molecule has 0 fully saturated rings. The Kier molecular flexibility index (Phi) is 6.95. The first kappa shape index (κ1) is 21.2. The van der Waals surface area contributed by atoms with Gasteiger partial charge in [-0.05, 0) is 36.6 Å². The minimum atomic E-state index is -3.09. The van der Waals surface area contributed by atoms with Crippen LogP contribution in [0.3, 0.4) is 0 Å². The Morgan fingerprint density at radius 2 is 1.80 bits per heavy atom. The molecule has 2 aromatic rings. The number of benzene rings is 2. The predicted octanol–water partition coefficient (Wildman–Crippen LogP) is 2.54. The molecular weight excluding hydrogens is 398 g/mol. The number of anilines is 1. The normalized spacial score (nSPS) is 12.8. The summed E-state index contributed by atoms with van der Waals surface area (Å²) < 4.78 is 34.1. The second-order valence-corrected chi connectivity index (χ2v) is 6.50. The smallest absolute Gasteiger partial charge is 0.387 e. The number of aryl methyl sites for hydroxylation is 1. The van der Waals surface area contributed by atoms with E-state index in [-0.39, 0.29) is 17.2 Å². The van der Waals surface area contributed by atoms with Crippen molar-refractivity contribution in [3.8, 4) is 5.75 Å². The molecule has 3 rings (SSSR count). The van der Waals surface area contributed by atoms with Gasteiger partial charge in [0.15, 0.2) is 6.61 Å². The number of ether oxygens (including phenoxy) is 2. The first-order valence-corrected chi connectivity index (χ1v) is 9.31. The van der Waals surface area contributed by atoms with Crippen LogP contribution in [0.1, 0.15) is 22.3 Å². The molecule has 7 nitrogen and oxygen atoms in total. The van der Waals surface area contributed by atoms with Crippen LogP contribution < -0.4 is 15.0 Å². The van der Waals surface area contributed by atoms with Gasteiger partial charge in [0.25, 0.3) is 11.8 Å². The second-order valence-electron chi connectivity index (χ2n) is 6.50. The van der Waals surface area contributed by atoms with Crippen LogP contribution in [0.5, 0.6) is 5.75 Å². The number of nitrogens with zero attached hydrogens (tertiary/aromatic N) is 1. The van der Waals surface area contributed by atoms with Gasteiger partial charge in [-0.2, -0.15) is 8.78 Å². The lowest BCUT2D eigenvalue weighted by molar-refractivity contribution is -0.146. The molecule has 0 aromatic heterocycles. The molecule has 0 unspecified atom stereocenters. The molecule has 158 valence electrons. The average Bonchev–Trinajstić information content (AvgIpc) is 2.75. The molecule has 9 heteroatoms. The quantitative estimate of drug-likeness (QED) is 0.699. The maximum atomic E-state index is 12.4. The number of rotatable bonds is 7. The summed E-state index contributed by atoms with van der Waals surface area (Å²) in [6.45, 7) is -3.54. The van der Waals surface area contributed by atoms with E-state index in [0.29, 0.717) is 6.54 Å². The first-order valence-electron chi connectivity index (χ1n) is 9.31. The second kappa shape index (κ2) is 9.82. The summed E-state index contributed by atoms with van der Waals surface area (Å²) in [4.78, 5) is 38.1. The Balaban J connectivity index is 1.50. The van der Waals surface area contributed by atoms with Gasteiger partial charge in [0.05, 0.1) is 5.56 Å². The average molecular weight is 418 g/mol. The lowest BCUT2D eigenvalue weighted by atomic mass is 10.0. The summed E-state index contributed by atoms with van der Waals surface area (Å²) in [5.41, 5.74) is 1.71. The Labute approximate surface area is 171 Å². The SMILES string of the molecule is O=C(CNC(=O)c1ccccc1OC(F)F)OCC(=O)N1CCCc2ccccc21. The number of nitrogens with one attached hydrogen (secondary N) is 1. The summed E-state index contributed by atoms with van der Waals surface area (Å²) in [7, 11) is 0. The van der Waals surface area contributed by atoms with Crippen LogP contribution in [0, 0.1) is 0 Å². The summed E-state index contributed by atoms with van der Waals surface area (Å²) in [6.07, 6.45) is 1.69. The highest BCUT2D eigenvalue weighted by Gasteiger charge is 2.23. The molecule has 2 amide bonds. The number of halogens is 2. The van der Waals surface area contributed by atoms with E-state index in [1.807, 2.05) is 24.3 Å². The number of carbonyl (C=O) groups excluding carboxylic acids is 3. The molecule has 0 saturated carbocycles. The fraction of sp³-hybridized carbons (Fsp3) is 0.286. The largest absolute Gasteiger partial charge is 0.454 e. The minimum Gasteiger partial charge on any atom is -0.454 e. The molecule has 1 N–H and O–H groups in total. The number of hydrogen-bond acceptors (Lipinski definition) is 5. The number of esters is 1. The van der Waals surface area contributed by atoms with Crippen LogP contribution in [-0.4, -0.2) is 44.1 Å². The Hall–Kier alpha value is -3.49. The third kappa shape index (κ3) is 5.31. The first-order chi connectivity index (χ1) is 14.5. The van der Waals surface area contributed by atoms with E-state index >= 15 is 0 Å². The lowest BCUT2D eigenvalue weighted by Crippen LogP contribution is -2.39. The van der Waals surface area contributed by atoms with Crippen molar-refractivity contribution >= 4 is 23.5 Å². The Bertz CT molecular complexity index is 935. The number of para-hydroxylation sites is 2. The van der Waals surface area contributed by atoms with Gasteiger partial charge in [0.2, 0.25) is 0 Å². The highest BCUT2D eigenvalue weighted by molar-refractivity contribution is 5.99. The van der Waals surface area contributed by atoms with Crippen LogP contribution in [0.15, 0.2) is 48.5 Å². The van der Waals surface area contributed by atoms with Crippen LogP contribution in [-0.2, 0) is 20.7 Å². The third-order valence-electron chi connectivity index (χ3n) is 4.51. The number of carbonyl (C=O) groups is 3. The standard InChI is InChI=1S/C21H20F2N2O5/c22-21(23)30-17-10-4-2-8-15(17)20(28)24-12-19(27)29-13-18(26)25-11-5-7-14-6-1-3-9-16(14)25/h1-4,6,8-10,21H,5,7,11-13H2,(H,24,28). The van der Waals surface area contributed by atoms with Crippen molar-refractivity contribution in [2.45, 2.75) is 19.5 Å². The number of alkyl halides is 2. The number of fused-ring (bicyclic) bond motifs is 1. The van der Waals surface area contributed by atoms with Gasteiger partial charge in [0, 0.05) is 12.2 Å². The molecule has 1 heterocycles. The summed E-state index contributed by atoms with van der Waals surface area (Å²) >= 11 is 0. The van der Waals surface area contributed by atoms with Crippen molar-refractivity contribution in [3.63, 3.8) is 0 Å². The molecule has 0 aliphatic carbocycles.